The van der Waals surface area contributed by atoms with Gasteiger partial charge in [0.05, 0.1) is 11.6 Å². The zero-order valence-corrected chi connectivity index (χ0v) is 12.4. The van der Waals surface area contributed by atoms with Gasteiger partial charge in [-0.15, -0.1) is 0 Å². The van der Waals surface area contributed by atoms with Gasteiger partial charge in [0.1, 0.15) is 5.75 Å². The average Bonchev–Trinajstić information content (AvgIpc) is 2.48. The Bertz CT molecular complexity index is 616. The minimum Gasteiger partial charge on any atom is -0.468 e. The van der Waals surface area contributed by atoms with Crippen molar-refractivity contribution in [1.29, 1.82) is 5.26 Å². The molecule has 0 N–H and O–H groups in total. The van der Waals surface area contributed by atoms with Gasteiger partial charge in [-0.25, -0.2) is 0 Å². The summed E-state index contributed by atoms with van der Waals surface area (Å²) in [6, 6.07) is 16.2. The van der Waals surface area contributed by atoms with E-state index >= 15 is 0 Å². The lowest BCUT2D eigenvalue weighted by molar-refractivity contribution is 0.153. The number of hydrogen-bond acceptors (Lipinski definition) is 2. The van der Waals surface area contributed by atoms with E-state index in [2.05, 4.69) is 6.07 Å². The summed E-state index contributed by atoms with van der Waals surface area (Å²) >= 11 is 12.5. The molecule has 2 aromatic rings. The monoisotopic (exact) mass is 305 g/mol. The third-order valence-electron chi connectivity index (χ3n) is 2.99. The molecule has 0 aliphatic carbocycles. The van der Waals surface area contributed by atoms with E-state index in [1.807, 2.05) is 19.1 Å². The lowest BCUT2D eigenvalue weighted by atomic mass is 10.1. The molecule has 0 saturated heterocycles. The van der Waals surface area contributed by atoms with Crippen LogP contribution in [0.5, 0.6) is 5.75 Å². The van der Waals surface area contributed by atoms with Crippen LogP contribution in [-0.4, -0.2) is 0 Å². The predicted octanol–water partition coefficient (Wildman–Crippen LogP) is 5.09. The standard InChI is InChI=1S/C16H13Cl2NO/c1-2-16(18,13-5-7-14(17)8-6-13)20-15-9-3-12(11-19)4-10-15/h3-10H,2H2,1H3. The zero-order valence-electron chi connectivity index (χ0n) is 10.9. The highest BCUT2D eigenvalue weighted by Gasteiger charge is 2.29. The largest absolute Gasteiger partial charge is 0.468 e. The van der Waals surface area contributed by atoms with Gasteiger partial charge in [0.25, 0.3) is 0 Å². The molecule has 102 valence electrons. The van der Waals surface area contributed by atoms with Crippen LogP contribution in [0.15, 0.2) is 48.5 Å². The van der Waals surface area contributed by atoms with Crippen LogP contribution in [0.4, 0.5) is 0 Å². The number of ether oxygens (including phenoxy) is 1. The molecule has 0 aromatic heterocycles. The summed E-state index contributed by atoms with van der Waals surface area (Å²) in [7, 11) is 0. The number of halogens is 2. The normalized spacial score (nSPS) is 13.3. The summed E-state index contributed by atoms with van der Waals surface area (Å²) in [5, 5.41) is 8.49. The van der Waals surface area contributed by atoms with Crippen molar-refractivity contribution in [3.63, 3.8) is 0 Å². The van der Waals surface area contributed by atoms with Crippen LogP contribution in [0.2, 0.25) is 5.02 Å². The molecule has 1 atom stereocenters. The summed E-state index contributed by atoms with van der Waals surface area (Å²) in [4.78, 5) is 0. The van der Waals surface area contributed by atoms with E-state index in [-0.39, 0.29) is 0 Å². The van der Waals surface area contributed by atoms with Gasteiger partial charge in [0.2, 0.25) is 5.06 Å². The summed E-state index contributed by atoms with van der Waals surface area (Å²) < 4.78 is 5.89. The van der Waals surface area contributed by atoms with Crippen molar-refractivity contribution in [1.82, 2.24) is 0 Å². The molecule has 2 rings (SSSR count). The Balaban J connectivity index is 2.26. The molecule has 2 nitrogen and oxygen atoms in total. The summed E-state index contributed by atoms with van der Waals surface area (Å²) in [6.45, 7) is 1.95. The second kappa shape index (κ2) is 6.17. The van der Waals surface area contributed by atoms with Crippen LogP contribution in [0, 0.1) is 11.3 Å². The molecule has 0 aliphatic rings. The summed E-state index contributed by atoms with van der Waals surface area (Å²) in [5.74, 6) is 0.621. The fourth-order valence-corrected chi connectivity index (χ4v) is 2.16. The van der Waals surface area contributed by atoms with E-state index in [4.69, 9.17) is 33.2 Å². The van der Waals surface area contributed by atoms with Gasteiger partial charge in [-0.3, -0.25) is 0 Å². The Morgan fingerprint density at radius 2 is 1.70 bits per heavy atom. The van der Waals surface area contributed by atoms with Gasteiger partial charge in [-0.2, -0.15) is 5.26 Å². The molecule has 0 aliphatic heterocycles. The molecule has 0 fully saturated rings. The predicted molar refractivity (Wildman–Crippen MR) is 81.1 cm³/mol. The second-order valence-corrected chi connectivity index (χ2v) is 5.37. The van der Waals surface area contributed by atoms with Crippen molar-refractivity contribution in [2.75, 3.05) is 0 Å². The Kier molecular flexibility index (Phi) is 4.54. The molecule has 2 aromatic carbocycles. The lowest BCUT2D eigenvalue weighted by Crippen LogP contribution is -2.25. The third-order valence-corrected chi connectivity index (χ3v) is 3.81. The van der Waals surface area contributed by atoms with Gasteiger partial charge in [-0.1, -0.05) is 42.3 Å². The topological polar surface area (TPSA) is 33.0 Å². The van der Waals surface area contributed by atoms with Crippen molar-refractivity contribution >= 4 is 23.2 Å². The molecule has 0 spiro atoms. The van der Waals surface area contributed by atoms with Crippen molar-refractivity contribution in [3.05, 3.63) is 64.7 Å². The van der Waals surface area contributed by atoms with Gasteiger partial charge in [0.15, 0.2) is 0 Å². The maximum absolute atomic E-state index is 8.78. The number of alkyl halides is 1. The van der Waals surface area contributed by atoms with E-state index in [9.17, 15) is 0 Å². The van der Waals surface area contributed by atoms with Crippen LogP contribution < -0.4 is 4.74 Å². The first kappa shape index (κ1) is 14.7. The van der Waals surface area contributed by atoms with Crippen LogP contribution >= 0.6 is 23.2 Å². The van der Waals surface area contributed by atoms with Crippen molar-refractivity contribution in [2.45, 2.75) is 18.4 Å². The van der Waals surface area contributed by atoms with E-state index in [1.165, 1.54) is 0 Å². The number of nitriles is 1. The first-order valence-electron chi connectivity index (χ1n) is 6.21. The number of rotatable bonds is 4. The fourth-order valence-electron chi connectivity index (χ4n) is 1.82. The van der Waals surface area contributed by atoms with E-state index < -0.39 is 5.06 Å². The van der Waals surface area contributed by atoms with E-state index in [0.717, 1.165) is 5.56 Å². The number of benzene rings is 2. The third kappa shape index (κ3) is 3.25. The van der Waals surface area contributed by atoms with Crippen LogP contribution in [0.1, 0.15) is 24.5 Å². The Labute approximate surface area is 128 Å². The number of hydrogen-bond donors (Lipinski definition) is 0. The molecule has 1 unspecified atom stereocenters. The van der Waals surface area contributed by atoms with Crippen LogP contribution in [0.3, 0.4) is 0 Å². The van der Waals surface area contributed by atoms with Gasteiger partial charge >= 0.3 is 0 Å². The highest BCUT2D eigenvalue weighted by Crippen LogP contribution is 2.36. The molecule has 4 heteroatoms. The molecule has 0 saturated carbocycles. The first-order valence-corrected chi connectivity index (χ1v) is 6.97. The van der Waals surface area contributed by atoms with Gasteiger partial charge in [0, 0.05) is 17.0 Å². The van der Waals surface area contributed by atoms with Crippen molar-refractivity contribution in [3.8, 4) is 11.8 Å². The van der Waals surface area contributed by atoms with Crippen LogP contribution in [-0.2, 0) is 5.06 Å². The molecule has 0 radical (unpaired) electrons. The molecule has 0 amide bonds. The minimum atomic E-state index is -0.946. The fraction of sp³-hybridized carbons (Fsp3) is 0.188. The summed E-state index contributed by atoms with van der Waals surface area (Å²) in [6.07, 6.45) is 0.593. The molecule has 0 bridgehead atoms. The minimum absolute atomic E-state index is 0.584. The van der Waals surface area contributed by atoms with Gasteiger partial charge < -0.3 is 4.74 Å². The molecular formula is C16H13Cl2NO. The van der Waals surface area contributed by atoms with Crippen molar-refractivity contribution < 1.29 is 4.74 Å². The zero-order chi connectivity index (χ0) is 14.6. The average molecular weight is 306 g/mol. The Hall–Kier alpha value is -1.69. The summed E-state index contributed by atoms with van der Waals surface area (Å²) in [5.41, 5.74) is 1.43. The quantitative estimate of drug-likeness (QED) is 0.737. The maximum Gasteiger partial charge on any atom is 0.207 e. The lowest BCUT2D eigenvalue weighted by Gasteiger charge is -2.27. The Morgan fingerprint density at radius 1 is 1.10 bits per heavy atom. The number of nitrogens with zero attached hydrogens (tertiary/aromatic N) is 1. The van der Waals surface area contributed by atoms with Gasteiger partial charge in [-0.05, 0) is 36.4 Å². The highest BCUT2D eigenvalue weighted by atomic mass is 35.5. The van der Waals surface area contributed by atoms with E-state index in [1.54, 1.807) is 36.4 Å². The Morgan fingerprint density at radius 3 is 2.20 bits per heavy atom. The molecule has 0 heterocycles. The highest BCUT2D eigenvalue weighted by molar-refractivity contribution is 6.30. The SMILES string of the molecule is CCC(Cl)(Oc1ccc(C#N)cc1)c1ccc(Cl)cc1. The maximum atomic E-state index is 8.78. The second-order valence-electron chi connectivity index (χ2n) is 4.33. The van der Waals surface area contributed by atoms with Crippen molar-refractivity contribution in [2.24, 2.45) is 0 Å². The smallest absolute Gasteiger partial charge is 0.207 e. The van der Waals surface area contributed by atoms with Crippen LogP contribution in [0.25, 0.3) is 0 Å². The first-order chi connectivity index (χ1) is 9.57. The molecule has 20 heavy (non-hydrogen) atoms. The van der Waals surface area contributed by atoms with E-state index in [0.29, 0.717) is 22.8 Å². The molecular weight excluding hydrogens is 293 g/mol.